The first-order valence-corrected chi connectivity index (χ1v) is 7.16. The van der Waals surface area contributed by atoms with Crippen molar-refractivity contribution in [2.45, 2.75) is 46.2 Å². The molecule has 108 valence electrons. The lowest BCUT2D eigenvalue weighted by molar-refractivity contribution is 0.274. The molecule has 0 heterocycles. The quantitative estimate of drug-likeness (QED) is 0.591. The normalized spacial score (nSPS) is 12.9. The van der Waals surface area contributed by atoms with Crippen LogP contribution in [0.4, 0.5) is 4.39 Å². The minimum absolute atomic E-state index is 0.666. The molecule has 0 aliphatic rings. The second-order valence-electron chi connectivity index (χ2n) is 5.53. The summed E-state index contributed by atoms with van der Waals surface area (Å²) in [7, 11) is 0. The summed E-state index contributed by atoms with van der Waals surface area (Å²) in [5.74, 6) is 0. The van der Waals surface area contributed by atoms with E-state index < -0.39 is 5.67 Å². The molecule has 0 amide bonds. The molecule has 0 N–H and O–H groups in total. The van der Waals surface area contributed by atoms with Crippen molar-refractivity contribution in [3.8, 4) is 0 Å². The van der Waals surface area contributed by atoms with Crippen molar-refractivity contribution in [3.63, 3.8) is 0 Å². The summed E-state index contributed by atoms with van der Waals surface area (Å²) < 4.78 is 14.1. The Kier molecular flexibility index (Phi) is 5.94. The molecule has 0 saturated heterocycles. The van der Waals surface area contributed by atoms with Gasteiger partial charge in [0.05, 0.1) is 0 Å². The van der Waals surface area contributed by atoms with Gasteiger partial charge in [-0.15, -0.1) is 0 Å². The molecular formula is C19H25F. The lowest BCUT2D eigenvalue weighted by atomic mass is 9.93. The highest BCUT2D eigenvalue weighted by atomic mass is 19.1. The third kappa shape index (κ3) is 4.80. The maximum absolute atomic E-state index is 14.1. The van der Waals surface area contributed by atoms with Crippen molar-refractivity contribution in [2.24, 2.45) is 0 Å². The van der Waals surface area contributed by atoms with E-state index >= 15 is 0 Å². The zero-order valence-corrected chi connectivity index (χ0v) is 13.0. The van der Waals surface area contributed by atoms with E-state index in [1.807, 2.05) is 31.2 Å². The van der Waals surface area contributed by atoms with Gasteiger partial charge in [-0.3, -0.25) is 0 Å². The monoisotopic (exact) mass is 272 g/mol. The zero-order valence-electron chi connectivity index (χ0n) is 13.0. The van der Waals surface area contributed by atoms with Gasteiger partial charge in [0.15, 0.2) is 0 Å². The van der Waals surface area contributed by atoms with Gasteiger partial charge in [-0.25, -0.2) is 4.39 Å². The Balaban J connectivity index is 2.95. The molecule has 1 aromatic rings. The molecule has 0 radical (unpaired) electrons. The van der Waals surface area contributed by atoms with Crippen LogP contribution in [0.15, 0.2) is 60.2 Å². The van der Waals surface area contributed by atoms with Crippen LogP contribution < -0.4 is 0 Å². The van der Waals surface area contributed by atoms with E-state index in [0.29, 0.717) is 5.57 Å². The fraction of sp³-hybridized carbons (Fsp3) is 0.368. The molecule has 1 aromatic carbocycles. The molecule has 0 saturated carbocycles. The Hall–Kier alpha value is -1.63. The average molecular weight is 272 g/mol. The lowest BCUT2D eigenvalue weighted by Crippen LogP contribution is -2.14. The number of aryl methyl sites for hydroxylation is 1. The van der Waals surface area contributed by atoms with Gasteiger partial charge in [0.1, 0.15) is 5.67 Å². The predicted molar refractivity (Wildman–Crippen MR) is 86.7 cm³/mol. The Morgan fingerprint density at radius 2 is 1.85 bits per heavy atom. The highest BCUT2D eigenvalue weighted by Gasteiger charge is 2.19. The maximum Gasteiger partial charge on any atom is 0.130 e. The second-order valence-corrected chi connectivity index (χ2v) is 5.53. The molecule has 0 aliphatic heterocycles. The maximum atomic E-state index is 14.1. The molecule has 0 aromatic heterocycles. The number of benzene rings is 1. The molecule has 0 nitrogen and oxygen atoms in total. The molecule has 0 bridgehead atoms. The van der Waals surface area contributed by atoms with Crippen LogP contribution in [0.5, 0.6) is 0 Å². The van der Waals surface area contributed by atoms with E-state index in [1.54, 1.807) is 13.8 Å². The Labute approximate surface area is 122 Å². The minimum Gasteiger partial charge on any atom is -0.239 e. The second kappa shape index (κ2) is 7.23. The van der Waals surface area contributed by atoms with Crippen LogP contribution in [0.2, 0.25) is 0 Å². The molecule has 0 spiro atoms. The summed E-state index contributed by atoms with van der Waals surface area (Å²) in [4.78, 5) is 0. The van der Waals surface area contributed by atoms with Crippen molar-refractivity contribution >= 4 is 0 Å². The van der Waals surface area contributed by atoms with Crippen molar-refractivity contribution < 1.29 is 4.39 Å². The Morgan fingerprint density at radius 1 is 1.25 bits per heavy atom. The van der Waals surface area contributed by atoms with Crippen molar-refractivity contribution in [1.82, 2.24) is 0 Å². The molecule has 1 rings (SSSR count). The predicted octanol–water partition coefficient (Wildman–Crippen LogP) is 5.60. The van der Waals surface area contributed by atoms with Gasteiger partial charge >= 0.3 is 0 Å². The van der Waals surface area contributed by atoms with Gasteiger partial charge in [0, 0.05) is 0 Å². The third-order valence-electron chi connectivity index (χ3n) is 3.31. The van der Waals surface area contributed by atoms with Crippen molar-refractivity contribution in [1.29, 1.82) is 0 Å². The van der Waals surface area contributed by atoms with Gasteiger partial charge < -0.3 is 0 Å². The van der Waals surface area contributed by atoms with Crippen LogP contribution in [-0.2, 0) is 12.8 Å². The van der Waals surface area contributed by atoms with Crippen LogP contribution in [0, 0.1) is 0 Å². The summed E-state index contributed by atoms with van der Waals surface area (Å²) in [6.07, 6.45) is 7.31. The molecule has 0 fully saturated rings. The van der Waals surface area contributed by atoms with Crippen LogP contribution >= 0.6 is 0 Å². The average Bonchev–Trinajstić information content (AvgIpc) is 2.37. The first-order valence-electron chi connectivity index (χ1n) is 7.16. The number of hydrogen-bond donors (Lipinski definition) is 0. The van der Waals surface area contributed by atoms with Crippen LogP contribution in [0.1, 0.15) is 38.8 Å². The van der Waals surface area contributed by atoms with Crippen LogP contribution in [-0.4, -0.2) is 5.67 Å². The highest BCUT2D eigenvalue weighted by molar-refractivity contribution is 5.38. The number of alkyl halides is 1. The first kappa shape index (κ1) is 16.4. The van der Waals surface area contributed by atoms with Gasteiger partial charge in [-0.1, -0.05) is 61.6 Å². The van der Waals surface area contributed by atoms with Gasteiger partial charge in [0.25, 0.3) is 0 Å². The van der Waals surface area contributed by atoms with Crippen molar-refractivity contribution in [2.75, 3.05) is 0 Å². The fourth-order valence-corrected chi connectivity index (χ4v) is 2.19. The largest absolute Gasteiger partial charge is 0.239 e. The molecule has 0 aliphatic carbocycles. The summed E-state index contributed by atoms with van der Waals surface area (Å²) in [5, 5.41) is 0. The molecule has 0 atom stereocenters. The summed E-state index contributed by atoms with van der Waals surface area (Å²) >= 11 is 0. The van der Waals surface area contributed by atoms with E-state index in [1.165, 1.54) is 11.1 Å². The van der Waals surface area contributed by atoms with E-state index in [-0.39, 0.29) is 0 Å². The van der Waals surface area contributed by atoms with Crippen LogP contribution in [0.25, 0.3) is 0 Å². The first-order chi connectivity index (χ1) is 9.38. The molecule has 0 unspecified atom stereocenters. The lowest BCUT2D eigenvalue weighted by Gasteiger charge is -2.17. The van der Waals surface area contributed by atoms with Gasteiger partial charge in [0.2, 0.25) is 0 Å². The Bertz CT molecular complexity index is 513. The number of rotatable bonds is 6. The number of halogens is 1. The summed E-state index contributed by atoms with van der Waals surface area (Å²) in [6, 6.07) is 8.35. The fourth-order valence-electron chi connectivity index (χ4n) is 2.19. The zero-order chi connectivity index (χ0) is 15.2. The number of hydrogen-bond acceptors (Lipinski definition) is 0. The van der Waals surface area contributed by atoms with E-state index in [4.69, 9.17) is 0 Å². The smallest absolute Gasteiger partial charge is 0.130 e. The van der Waals surface area contributed by atoms with E-state index in [9.17, 15) is 4.39 Å². The van der Waals surface area contributed by atoms with E-state index in [0.717, 1.165) is 18.4 Å². The number of allylic oxidation sites excluding steroid dienone is 5. The molecular weight excluding hydrogens is 247 g/mol. The molecule has 20 heavy (non-hydrogen) atoms. The SMILES string of the molecule is C=C(/C=C(\C=C/C)C(C)(C)F)Cc1ccccc1CC. The topological polar surface area (TPSA) is 0 Å². The highest BCUT2D eigenvalue weighted by Crippen LogP contribution is 2.24. The van der Waals surface area contributed by atoms with Crippen LogP contribution in [0.3, 0.4) is 0 Å². The molecule has 1 heteroatoms. The van der Waals surface area contributed by atoms with Gasteiger partial charge in [-0.05, 0) is 50.3 Å². The third-order valence-corrected chi connectivity index (χ3v) is 3.31. The van der Waals surface area contributed by atoms with E-state index in [2.05, 4.69) is 31.7 Å². The van der Waals surface area contributed by atoms with Crippen molar-refractivity contribution in [3.05, 3.63) is 71.3 Å². The standard InChI is InChI=1S/C19H25F/c1-6-10-18(19(4,5)20)14-15(3)13-17-12-9-8-11-16(17)7-2/h6,8-12,14H,3,7,13H2,1-2,4-5H3/b10-6-,18-14+. The summed E-state index contributed by atoms with van der Waals surface area (Å²) in [5.41, 5.74) is 2.85. The van der Waals surface area contributed by atoms with Gasteiger partial charge in [-0.2, -0.15) is 0 Å². The summed E-state index contributed by atoms with van der Waals surface area (Å²) in [6.45, 7) is 11.3. The minimum atomic E-state index is -1.35. The Morgan fingerprint density at radius 3 is 2.35 bits per heavy atom.